The van der Waals surface area contributed by atoms with Crippen molar-refractivity contribution in [3.8, 4) is 0 Å². The number of likely N-dealkylation sites (tertiary alicyclic amines) is 1. The number of carbonyl (C=O) groups is 1. The van der Waals surface area contributed by atoms with Crippen molar-refractivity contribution < 1.29 is 9.53 Å². The van der Waals surface area contributed by atoms with Crippen LogP contribution in [0, 0.1) is 6.92 Å². The molecule has 0 saturated carbocycles. The maximum absolute atomic E-state index is 12.2. The summed E-state index contributed by atoms with van der Waals surface area (Å²) in [4.78, 5) is 14.5. The first kappa shape index (κ1) is 14.8. The normalized spacial score (nSPS) is 18.5. The average molecular weight is 299 g/mol. The van der Waals surface area contributed by atoms with E-state index in [1.165, 1.54) is 5.56 Å². The van der Waals surface area contributed by atoms with Gasteiger partial charge in [0.05, 0.1) is 6.20 Å². The van der Waals surface area contributed by atoms with Gasteiger partial charge in [-0.15, -0.1) is 0 Å². The van der Waals surface area contributed by atoms with Gasteiger partial charge in [0.15, 0.2) is 0 Å². The van der Waals surface area contributed by atoms with E-state index in [2.05, 4.69) is 22.1 Å². The highest BCUT2D eigenvalue weighted by atomic mass is 16.5. The Kier molecular flexibility index (Phi) is 4.24. The Morgan fingerprint density at radius 1 is 1.36 bits per heavy atom. The zero-order chi connectivity index (χ0) is 15.5. The van der Waals surface area contributed by atoms with E-state index in [0.717, 1.165) is 31.7 Å². The molecular formula is C17H21N3O2. The highest BCUT2D eigenvalue weighted by molar-refractivity contribution is 5.90. The summed E-state index contributed by atoms with van der Waals surface area (Å²) in [5, 5.41) is 4.09. The third kappa shape index (κ3) is 3.20. The Labute approximate surface area is 130 Å². The van der Waals surface area contributed by atoms with E-state index in [9.17, 15) is 4.79 Å². The van der Waals surface area contributed by atoms with Crippen molar-refractivity contribution in [1.29, 1.82) is 0 Å². The lowest BCUT2D eigenvalue weighted by Gasteiger charge is -2.16. The molecule has 1 aromatic heterocycles. The summed E-state index contributed by atoms with van der Waals surface area (Å²) >= 11 is 0. The summed E-state index contributed by atoms with van der Waals surface area (Å²) in [6, 6.07) is 10.4. The predicted molar refractivity (Wildman–Crippen MR) is 83.5 cm³/mol. The zero-order valence-electron chi connectivity index (χ0n) is 13.0. The molecule has 5 nitrogen and oxygen atoms in total. The molecule has 0 unspecified atom stereocenters. The van der Waals surface area contributed by atoms with Gasteiger partial charge < -0.3 is 4.74 Å². The minimum atomic E-state index is -0.267. The number of benzene rings is 1. The van der Waals surface area contributed by atoms with Crippen LogP contribution in [0.2, 0.25) is 0 Å². The summed E-state index contributed by atoms with van der Waals surface area (Å²) in [6.07, 6.45) is 2.43. The Balaban J connectivity index is 1.55. The van der Waals surface area contributed by atoms with Crippen molar-refractivity contribution in [3.05, 3.63) is 53.3 Å². The highest BCUT2D eigenvalue weighted by Crippen LogP contribution is 2.18. The fraction of sp³-hybridized carbons (Fsp3) is 0.412. The van der Waals surface area contributed by atoms with Crippen molar-refractivity contribution in [1.82, 2.24) is 14.7 Å². The lowest BCUT2D eigenvalue weighted by atomic mass is 10.2. The van der Waals surface area contributed by atoms with Crippen molar-refractivity contribution >= 4 is 5.97 Å². The molecule has 0 bridgehead atoms. The van der Waals surface area contributed by atoms with Gasteiger partial charge in [-0.05, 0) is 18.9 Å². The van der Waals surface area contributed by atoms with Crippen molar-refractivity contribution in [2.24, 2.45) is 7.05 Å². The van der Waals surface area contributed by atoms with Crippen molar-refractivity contribution in [2.75, 3.05) is 13.1 Å². The molecule has 1 aliphatic heterocycles. The van der Waals surface area contributed by atoms with Gasteiger partial charge in [-0.2, -0.15) is 5.10 Å². The largest absolute Gasteiger partial charge is 0.457 e. The topological polar surface area (TPSA) is 47.4 Å². The van der Waals surface area contributed by atoms with Gasteiger partial charge in [-0.1, -0.05) is 30.3 Å². The van der Waals surface area contributed by atoms with Crippen LogP contribution in [0.3, 0.4) is 0 Å². The van der Waals surface area contributed by atoms with Crippen molar-refractivity contribution in [2.45, 2.75) is 26.0 Å². The third-order valence-electron chi connectivity index (χ3n) is 4.21. The molecule has 1 fully saturated rings. The second-order valence-corrected chi connectivity index (χ2v) is 5.80. The predicted octanol–water partition coefficient (Wildman–Crippen LogP) is 2.16. The molecule has 1 aliphatic rings. The SMILES string of the molecule is Cc1c(C(=O)O[C@@H]2CCN(Cc3ccccc3)C2)cnn1C. The molecule has 5 heteroatoms. The van der Waals surface area contributed by atoms with E-state index in [4.69, 9.17) is 4.74 Å². The van der Waals surface area contributed by atoms with Crippen LogP contribution in [-0.2, 0) is 18.3 Å². The summed E-state index contributed by atoms with van der Waals surface area (Å²) < 4.78 is 7.31. The molecule has 1 aromatic carbocycles. The molecule has 0 aliphatic carbocycles. The maximum Gasteiger partial charge on any atom is 0.341 e. The molecule has 1 atom stereocenters. The molecule has 0 N–H and O–H groups in total. The molecule has 1 saturated heterocycles. The lowest BCUT2D eigenvalue weighted by Crippen LogP contribution is -2.25. The summed E-state index contributed by atoms with van der Waals surface area (Å²) in [5.74, 6) is -0.267. The monoisotopic (exact) mass is 299 g/mol. The van der Waals surface area contributed by atoms with Crippen molar-refractivity contribution in [3.63, 3.8) is 0 Å². The van der Waals surface area contributed by atoms with Gasteiger partial charge in [-0.3, -0.25) is 9.58 Å². The third-order valence-corrected chi connectivity index (χ3v) is 4.21. The summed E-state index contributed by atoms with van der Waals surface area (Å²) in [6.45, 7) is 4.53. The van der Waals surface area contributed by atoms with E-state index < -0.39 is 0 Å². The fourth-order valence-electron chi connectivity index (χ4n) is 2.79. The average Bonchev–Trinajstić information content (AvgIpc) is 3.08. The van der Waals surface area contributed by atoms with Crippen LogP contribution in [0.1, 0.15) is 28.0 Å². The van der Waals surface area contributed by atoms with Crippen LogP contribution in [0.25, 0.3) is 0 Å². The van der Waals surface area contributed by atoms with Crippen LogP contribution < -0.4 is 0 Å². The standard InChI is InChI=1S/C17H21N3O2/c1-13-16(10-18-19(13)2)17(21)22-15-8-9-20(12-15)11-14-6-4-3-5-7-14/h3-7,10,15H,8-9,11-12H2,1-2H3/t15-/m1/s1. The number of rotatable bonds is 4. The van der Waals surface area contributed by atoms with Gasteiger partial charge in [-0.25, -0.2) is 4.79 Å². The first-order chi connectivity index (χ1) is 10.6. The van der Waals surface area contributed by atoms with E-state index in [-0.39, 0.29) is 12.1 Å². The first-order valence-electron chi connectivity index (χ1n) is 7.59. The van der Waals surface area contributed by atoms with E-state index in [1.54, 1.807) is 10.9 Å². The minimum absolute atomic E-state index is 0.0316. The molecule has 2 heterocycles. The number of aromatic nitrogens is 2. The van der Waals surface area contributed by atoms with Gasteiger partial charge in [0, 0.05) is 32.4 Å². The van der Waals surface area contributed by atoms with Gasteiger partial charge >= 0.3 is 5.97 Å². The van der Waals surface area contributed by atoms with Crippen LogP contribution >= 0.6 is 0 Å². The molecule has 3 rings (SSSR count). The molecule has 0 radical (unpaired) electrons. The zero-order valence-corrected chi connectivity index (χ0v) is 13.0. The first-order valence-corrected chi connectivity index (χ1v) is 7.59. The van der Waals surface area contributed by atoms with E-state index in [0.29, 0.717) is 5.56 Å². The number of carbonyl (C=O) groups excluding carboxylic acids is 1. The van der Waals surface area contributed by atoms with Crippen LogP contribution in [-0.4, -0.2) is 39.8 Å². The van der Waals surface area contributed by atoms with Crippen LogP contribution in [0.5, 0.6) is 0 Å². The van der Waals surface area contributed by atoms with E-state index >= 15 is 0 Å². The molecular weight excluding hydrogens is 278 g/mol. The highest BCUT2D eigenvalue weighted by Gasteiger charge is 2.27. The molecule has 116 valence electrons. The van der Waals surface area contributed by atoms with Gasteiger partial charge in [0.2, 0.25) is 0 Å². The second-order valence-electron chi connectivity index (χ2n) is 5.80. The number of ether oxygens (including phenoxy) is 1. The Morgan fingerprint density at radius 2 is 2.14 bits per heavy atom. The number of nitrogens with zero attached hydrogens (tertiary/aromatic N) is 3. The summed E-state index contributed by atoms with van der Waals surface area (Å²) in [5.41, 5.74) is 2.69. The Morgan fingerprint density at radius 3 is 2.82 bits per heavy atom. The maximum atomic E-state index is 12.2. The van der Waals surface area contributed by atoms with E-state index in [1.807, 2.05) is 32.2 Å². The van der Waals surface area contributed by atoms with Gasteiger partial charge in [0.1, 0.15) is 11.7 Å². The fourth-order valence-corrected chi connectivity index (χ4v) is 2.79. The molecule has 2 aromatic rings. The number of hydrogen-bond donors (Lipinski definition) is 0. The molecule has 0 amide bonds. The number of esters is 1. The van der Waals surface area contributed by atoms with Crippen LogP contribution in [0.4, 0.5) is 0 Å². The number of aryl methyl sites for hydroxylation is 1. The van der Waals surface area contributed by atoms with Crippen LogP contribution in [0.15, 0.2) is 36.5 Å². The number of hydrogen-bond acceptors (Lipinski definition) is 4. The minimum Gasteiger partial charge on any atom is -0.457 e. The molecule has 22 heavy (non-hydrogen) atoms. The smallest absolute Gasteiger partial charge is 0.341 e. The Hall–Kier alpha value is -2.14. The van der Waals surface area contributed by atoms with Gasteiger partial charge in [0.25, 0.3) is 0 Å². The molecule has 0 spiro atoms. The Bertz CT molecular complexity index is 651. The summed E-state index contributed by atoms with van der Waals surface area (Å²) in [7, 11) is 1.82. The second kappa shape index (κ2) is 6.32. The quantitative estimate of drug-likeness (QED) is 0.812. The lowest BCUT2D eigenvalue weighted by molar-refractivity contribution is 0.0319.